The average molecular weight is 278 g/mol. The smallest absolute Gasteiger partial charge is 0.137 e. The molecule has 21 heavy (non-hydrogen) atoms. The topological polar surface area (TPSA) is 17.1 Å². The van der Waals surface area contributed by atoms with Gasteiger partial charge in [-0.05, 0) is 60.4 Å². The first-order valence-electron chi connectivity index (χ1n) is 7.89. The highest BCUT2D eigenvalue weighted by molar-refractivity contribution is 5.81. The van der Waals surface area contributed by atoms with Crippen LogP contribution in [0.5, 0.6) is 0 Å². The molecule has 3 rings (SSSR count). The van der Waals surface area contributed by atoms with E-state index in [0.29, 0.717) is 18.6 Å². The highest BCUT2D eigenvalue weighted by Crippen LogP contribution is 2.23. The van der Waals surface area contributed by atoms with Gasteiger partial charge >= 0.3 is 0 Å². The molecule has 0 spiro atoms. The zero-order valence-corrected chi connectivity index (χ0v) is 12.7. The Morgan fingerprint density at radius 2 is 1.86 bits per heavy atom. The molecule has 0 heterocycles. The van der Waals surface area contributed by atoms with Gasteiger partial charge in [-0.15, -0.1) is 0 Å². The van der Waals surface area contributed by atoms with E-state index in [1.54, 1.807) is 0 Å². The van der Waals surface area contributed by atoms with E-state index in [1.165, 1.54) is 47.1 Å². The summed E-state index contributed by atoms with van der Waals surface area (Å²) in [6.45, 7) is 2.11. The zero-order valence-electron chi connectivity index (χ0n) is 12.7. The maximum absolute atomic E-state index is 12.2. The molecule has 0 unspecified atom stereocenters. The van der Waals surface area contributed by atoms with Crippen LogP contribution in [0.4, 0.5) is 0 Å². The third-order valence-corrected chi connectivity index (χ3v) is 4.50. The van der Waals surface area contributed by atoms with Gasteiger partial charge in [-0.1, -0.05) is 42.5 Å². The molecule has 2 aromatic carbocycles. The Kier molecular flexibility index (Phi) is 4.19. The molecule has 1 nitrogen and oxygen atoms in total. The van der Waals surface area contributed by atoms with Gasteiger partial charge in [-0.3, -0.25) is 4.79 Å². The third kappa shape index (κ3) is 3.41. The Morgan fingerprint density at radius 3 is 2.71 bits per heavy atom. The van der Waals surface area contributed by atoms with Gasteiger partial charge in [0, 0.05) is 12.8 Å². The van der Waals surface area contributed by atoms with Crippen LogP contribution in [0.15, 0.2) is 42.5 Å². The maximum atomic E-state index is 12.2. The van der Waals surface area contributed by atoms with Gasteiger partial charge in [0.05, 0.1) is 0 Å². The molecule has 1 aliphatic rings. The lowest BCUT2D eigenvalue weighted by molar-refractivity contribution is -0.118. The van der Waals surface area contributed by atoms with Gasteiger partial charge in [0.25, 0.3) is 0 Å². The molecule has 0 saturated heterocycles. The fourth-order valence-electron chi connectivity index (χ4n) is 3.22. The van der Waals surface area contributed by atoms with Crippen molar-refractivity contribution < 1.29 is 4.79 Å². The summed E-state index contributed by atoms with van der Waals surface area (Å²) in [6, 6.07) is 14.9. The summed E-state index contributed by atoms with van der Waals surface area (Å²) in [5.74, 6) is 0.344. The zero-order chi connectivity index (χ0) is 14.7. The summed E-state index contributed by atoms with van der Waals surface area (Å²) in [5.41, 5.74) is 6.69. The van der Waals surface area contributed by atoms with E-state index in [0.717, 1.165) is 6.42 Å². The lowest BCUT2D eigenvalue weighted by Crippen LogP contribution is -2.05. The molecule has 1 heteroatoms. The van der Waals surface area contributed by atoms with E-state index >= 15 is 0 Å². The molecule has 0 atom stereocenters. The number of aryl methyl sites for hydroxylation is 4. The molecule has 0 fully saturated rings. The molecular weight excluding hydrogens is 256 g/mol. The third-order valence-electron chi connectivity index (χ3n) is 4.50. The number of rotatable bonds is 5. The van der Waals surface area contributed by atoms with E-state index in [2.05, 4.69) is 37.3 Å². The summed E-state index contributed by atoms with van der Waals surface area (Å²) < 4.78 is 0. The number of fused-ring (bicyclic) bond motifs is 1. The molecule has 0 bridgehead atoms. The number of hydrogen-bond donors (Lipinski definition) is 0. The molecule has 0 radical (unpaired) electrons. The van der Waals surface area contributed by atoms with Gasteiger partial charge in [0.1, 0.15) is 5.78 Å². The molecule has 0 amide bonds. The van der Waals surface area contributed by atoms with Crippen LogP contribution < -0.4 is 0 Å². The highest BCUT2D eigenvalue weighted by atomic mass is 16.1. The molecule has 0 saturated carbocycles. The van der Waals surface area contributed by atoms with Crippen molar-refractivity contribution in [3.05, 3.63) is 70.3 Å². The second kappa shape index (κ2) is 6.26. The van der Waals surface area contributed by atoms with Crippen molar-refractivity contribution in [1.29, 1.82) is 0 Å². The second-order valence-electron chi connectivity index (χ2n) is 6.10. The van der Waals surface area contributed by atoms with Crippen LogP contribution in [-0.4, -0.2) is 5.78 Å². The number of carbonyl (C=O) groups is 1. The average Bonchev–Trinajstić information content (AvgIpc) is 2.94. The minimum Gasteiger partial charge on any atom is -0.299 e. The maximum Gasteiger partial charge on any atom is 0.137 e. The number of benzene rings is 2. The van der Waals surface area contributed by atoms with Crippen molar-refractivity contribution in [3.8, 4) is 0 Å². The summed E-state index contributed by atoms with van der Waals surface area (Å²) >= 11 is 0. The van der Waals surface area contributed by atoms with Crippen molar-refractivity contribution in [2.24, 2.45) is 0 Å². The van der Waals surface area contributed by atoms with Crippen LogP contribution in [-0.2, 0) is 30.5 Å². The Bertz CT molecular complexity index is 655. The molecule has 0 aliphatic heterocycles. The van der Waals surface area contributed by atoms with Crippen LogP contribution >= 0.6 is 0 Å². The first-order valence-corrected chi connectivity index (χ1v) is 7.89. The predicted molar refractivity (Wildman–Crippen MR) is 86.7 cm³/mol. The Hall–Kier alpha value is -1.89. The fourth-order valence-corrected chi connectivity index (χ4v) is 3.22. The van der Waals surface area contributed by atoms with Gasteiger partial charge in [0.15, 0.2) is 0 Å². The Morgan fingerprint density at radius 1 is 1.05 bits per heavy atom. The quantitative estimate of drug-likeness (QED) is 0.800. The molecule has 108 valence electrons. The molecular formula is C20H22O. The summed E-state index contributed by atoms with van der Waals surface area (Å²) in [5, 5.41) is 0. The summed E-state index contributed by atoms with van der Waals surface area (Å²) in [6.07, 6.45) is 5.73. The largest absolute Gasteiger partial charge is 0.299 e. The molecule has 0 aromatic heterocycles. The number of hydrogen-bond acceptors (Lipinski definition) is 1. The van der Waals surface area contributed by atoms with Crippen molar-refractivity contribution in [1.82, 2.24) is 0 Å². The summed E-state index contributed by atoms with van der Waals surface area (Å²) in [7, 11) is 0. The van der Waals surface area contributed by atoms with Crippen LogP contribution in [0.25, 0.3) is 0 Å². The standard InChI is InChI=1S/C20H22O/c1-15-5-2-3-6-17(15)11-12-20(21)14-16-9-10-18-7-4-8-19(18)13-16/h2-3,5-6,9-10,13H,4,7-8,11-12,14H2,1H3. The van der Waals surface area contributed by atoms with Crippen molar-refractivity contribution in [2.75, 3.05) is 0 Å². The minimum atomic E-state index is 0.344. The molecule has 1 aliphatic carbocycles. The number of Topliss-reactive ketones (excluding diaryl/α,β-unsaturated/α-hetero) is 1. The van der Waals surface area contributed by atoms with Crippen LogP contribution in [0.3, 0.4) is 0 Å². The lowest BCUT2D eigenvalue weighted by atomic mass is 9.98. The van der Waals surface area contributed by atoms with E-state index in [-0.39, 0.29) is 0 Å². The van der Waals surface area contributed by atoms with E-state index in [1.807, 2.05) is 12.1 Å². The fraction of sp³-hybridized carbons (Fsp3) is 0.350. The Balaban J connectivity index is 1.58. The second-order valence-corrected chi connectivity index (χ2v) is 6.10. The van der Waals surface area contributed by atoms with Crippen molar-refractivity contribution in [2.45, 2.75) is 45.4 Å². The first kappa shape index (κ1) is 14.1. The normalized spacial score (nSPS) is 13.2. The lowest BCUT2D eigenvalue weighted by Gasteiger charge is -2.06. The SMILES string of the molecule is Cc1ccccc1CCC(=O)Cc1ccc2c(c1)CCC2. The Labute approximate surface area is 127 Å². The molecule has 0 N–H and O–H groups in total. The minimum absolute atomic E-state index is 0.344. The van der Waals surface area contributed by atoms with Gasteiger partial charge in [-0.25, -0.2) is 0 Å². The van der Waals surface area contributed by atoms with Crippen molar-refractivity contribution >= 4 is 5.78 Å². The van der Waals surface area contributed by atoms with Gasteiger partial charge in [0.2, 0.25) is 0 Å². The molecule has 2 aromatic rings. The highest BCUT2D eigenvalue weighted by Gasteiger charge is 2.12. The van der Waals surface area contributed by atoms with E-state index in [9.17, 15) is 4.79 Å². The first-order chi connectivity index (χ1) is 10.2. The predicted octanol–water partition coefficient (Wildman–Crippen LogP) is 4.23. The summed E-state index contributed by atoms with van der Waals surface area (Å²) in [4.78, 5) is 12.2. The monoisotopic (exact) mass is 278 g/mol. The van der Waals surface area contributed by atoms with Crippen LogP contribution in [0.2, 0.25) is 0 Å². The van der Waals surface area contributed by atoms with Crippen molar-refractivity contribution in [3.63, 3.8) is 0 Å². The van der Waals surface area contributed by atoms with E-state index < -0.39 is 0 Å². The van der Waals surface area contributed by atoms with Gasteiger partial charge in [-0.2, -0.15) is 0 Å². The van der Waals surface area contributed by atoms with E-state index in [4.69, 9.17) is 0 Å². The van der Waals surface area contributed by atoms with Crippen LogP contribution in [0, 0.1) is 6.92 Å². The number of ketones is 1. The van der Waals surface area contributed by atoms with Gasteiger partial charge < -0.3 is 0 Å². The number of carbonyl (C=O) groups excluding carboxylic acids is 1. The van der Waals surface area contributed by atoms with Crippen LogP contribution in [0.1, 0.15) is 40.7 Å².